The van der Waals surface area contributed by atoms with Gasteiger partial charge in [-0.1, -0.05) is 80.1 Å². The molecule has 0 atom stereocenters. The second-order valence-electron chi connectivity index (χ2n) is 22.0. The number of H-pyrrole nitrogens is 1. The van der Waals surface area contributed by atoms with Gasteiger partial charge in [0.15, 0.2) is 16.9 Å². The lowest BCUT2D eigenvalue weighted by atomic mass is 9.81. The minimum atomic E-state index is -4.09. The van der Waals surface area contributed by atoms with Gasteiger partial charge in [0.05, 0.1) is 35.4 Å². The van der Waals surface area contributed by atoms with Crippen LogP contribution in [0.5, 0.6) is 0 Å². The van der Waals surface area contributed by atoms with Crippen LogP contribution >= 0.6 is 0 Å². The van der Waals surface area contributed by atoms with E-state index in [1.165, 1.54) is 17.3 Å². The number of unbranched alkanes of at least 4 members (excludes halogenated alkanes) is 2. The van der Waals surface area contributed by atoms with Crippen molar-refractivity contribution in [3.05, 3.63) is 194 Å². The number of benzene rings is 4. The molecule has 4 heterocycles. The van der Waals surface area contributed by atoms with Gasteiger partial charge in [-0.05, 0) is 130 Å². The first kappa shape index (κ1) is 57.9. The van der Waals surface area contributed by atoms with Gasteiger partial charge in [0, 0.05) is 65.3 Å². The monoisotopic (exact) mass is 1140 g/mol. The zero-order valence-electron chi connectivity index (χ0n) is 46.3. The summed E-state index contributed by atoms with van der Waals surface area (Å²) < 4.78 is 74.7. The maximum absolute atomic E-state index is 13.3. The van der Waals surface area contributed by atoms with Crippen LogP contribution in [0.4, 0.5) is 23.0 Å². The van der Waals surface area contributed by atoms with Crippen LogP contribution in [0.1, 0.15) is 117 Å². The van der Waals surface area contributed by atoms with Gasteiger partial charge in [0.25, 0.3) is 31.7 Å². The molecule has 81 heavy (non-hydrogen) atoms. The molecule has 3 aliphatic rings. The minimum Gasteiger partial charge on any atom is -0.488 e. The molecule has 6 aromatic rings. The summed E-state index contributed by atoms with van der Waals surface area (Å²) >= 11 is 0. The van der Waals surface area contributed by atoms with Crippen molar-refractivity contribution in [3.8, 4) is 0 Å². The number of anilines is 3. The van der Waals surface area contributed by atoms with E-state index in [-0.39, 0.29) is 58.5 Å². The highest BCUT2D eigenvalue weighted by molar-refractivity contribution is 7.86. The lowest BCUT2D eigenvalue weighted by Crippen LogP contribution is -2.28. The van der Waals surface area contributed by atoms with Gasteiger partial charge >= 0.3 is 0 Å². The summed E-state index contributed by atoms with van der Waals surface area (Å²) in [7, 11) is -8.17. The van der Waals surface area contributed by atoms with Crippen molar-refractivity contribution in [2.24, 2.45) is 0 Å². The van der Waals surface area contributed by atoms with E-state index in [4.69, 9.17) is 10.5 Å². The first-order valence-corrected chi connectivity index (χ1v) is 30.5. The fraction of sp³-hybridized carbons (Fsp3) is 0.344. The SMILES string of the molecule is Cc1ccc2c(c1)C(C)(C)C(=CC=C1CCCC(C=CC3=[N+](CCCCS(=O)(=O)O)c4ccccc4C3(C)C)=C1OCc1ccc(CNC(=O)c3ccc(NCc4cnc5nc(N)[nH]c(=O)c5n4)cc3)cc1)N2CCCCS(=O)(=O)O. The molecule has 0 saturated carbocycles. The summed E-state index contributed by atoms with van der Waals surface area (Å²) in [6.45, 7) is 12.9. The van der Waals surface area contributed by atoms with Crippen LogP contribution in [0.3, 0.4) is 0 Å². The number of aromatic nitrogens is 4. The van der Waals surface area contributed by atoms with E-state index >= 15 is 0 Å². The summed E-state index contributed by atoms with van der Waals surface area (Å²) in [5, 5.41) is 6.26. The van der Waals surface area contributed by atoms with Crippen LogP contribution in [0, 0.1) is 6.92 Å². The number of carbonyl (C=O) groups is 1. The number of hydrogen-bond donors (Lipinski definition) is 6. The predicted octanol–water partition coefficient (Wildman–Crippen LogP) is 9.68. The van der Waals surface area contributed by atoms with Gasteiger partial charge in [-0.3, -0.25) is 23.7 Å². The summed E-state index contributed by atoms with van der Waals surface area (Å²) in [6, 6.07) is 29.7. The first-order chi connectivity index (χ1) is 38.5. The third-order valence-corrected chi connectivity index (χ3v) is 16.9. The highest BCUT2D eigenvalue weighted by atomic mass is 32.2. The standard InChI is InChI=1S/C61H69N9O9S2/c1-40-17-28-51-49(35-40)61(4,5)53(70(51)32-9-11-34-81(76,77)78)30-25-44-14-12-13-43(24-29-52-60(2,3)48-15-6-7-16-50(48)69(52)31-8-10-33-80(73,74)75)55(44)79-39-42-20-18-41(19-21-42)36-65-57(71)45-22-26-46(27-23-45)63-37-47-38-64-56-54(66-47)58(72)68-59(62)67-56/h6-7,15-30,35,38H,8-14,31-34,36-37,39H2,1-5H3,(H6-,62,63,64,65,67,68,71,72,73,74,75,76,77,78)/p+1. The zero-order valence-corrected chi connectivity index (χ0v) is 48.0. The van der Waals surface area contributed by atoms with E-state index in [1.54, 1.807) is 24.3 Å². The highest BCUT2D eigenvalue weighted by Crippen LogP contribution is 2.49. The Bertz CT molecular complexity index is 3830. The number of aromatic amines is 1. The largest absolute Gasteiger partial charge is 0.488 e. The lowest BCUT2D eigenvalue weighted by molar-refractivity contribution is -0.438. The van der Waals surface area contributed by atoms with Crippen molar-refractivity contribution in [1.29, 1.82) is 0 Å². The van der Waals surface area contributed by atoms with Crippen LogP contribution in [0.15, 0.2) is 149 Å². The van der Waals surface area contributed by atoms with Crippen molar-refractivity contribution in [3.63, 3.8) is 0 Å². The lowest BCUT2D eigenvalue weighted by Gasteiger charge is -2.27. The molecule has 1 amide bonds. The number of hydrogen-bond acceptors (Lipinski definition) is 13. The van der Waals surface area contributed by atoms with Crippen LogP contribution in [-0.4, -0.2) is 86.7 Å². The number of nitrogens with two attached hydrogens (primary N) is 1. The second-order valence-corrected chi connectivity index (χ2v) is 25.1. The number of para-hydroxylation sites is 1. The zero-order chi connectivity index (χ0) is 57.7. The highest BCUT2D eigenvalue weighted by Gasteiger charge is 2.44. The van der Waals surface area contributed by atoms with Gasteiger partial charge in [-0.2, -0.15) is 26.4 Å². The van der Waals surface area contributed by atoms with Crippen molar-refractivity contribution in [2.75, 3.05) is 40.5 Å². The number of nitrogen functional groups attached to an aromatic ring is 1. The smallest absolute Gasteiger partial charge is 0.280 e. The molecular formula is C61H70N9O9S2+. The Morgan fingerprint density at radius 2 is 1.54 bits per heavy atom. The fourth-order valence-electron chi connectivity index (χ4n) is 11.0. The summed E-state index contributed by atoms with van der Waals surface area (Å²) in [5.41, 5.74) is 18.1. The third kappa shape index (κ3) is 13.9. The molecule has 9 rings (SSSR count). The second kappa shape index (κ2) is 24.1. The molecule has 0 fully saturated rings. The summed E-state index contributed by atoms with van der Waals surface area (Å²) in [5.74, 6) is -0.0778. The van der Waals surface area contributed by atoms with Gasteiger partial charge in [-0.15, -0.1) is 0 Å². The quantitative estimate of drug-likeness (QED) is 0.0210. The molecule has 0 bridgehead atoms. The average molecular weight is 1140 g/mol. The number of rotatable bonds is 22. The van der Waals surface area contributed by atoms with Gasteiger partial charge in [0.1, 0.15) is 18.9 Å². The third-order valence-electron chi connectivity index (χ3n) is 15.2. The van der Waals surface area contributed by atoms with Crippen LogP contribution < -0.4 is 26.8 Å². The summed E-state index contributed by atoms with van der Waals surface area (Å²) in [6.07, 6.45) is 14.4. The summed E-state index contributed by atoms with van der Waals surface area (Å²) in [4.78, 5) is 42.9. The van der Waals surface area contributed by atoms with Crippen molar-refractivity contribution >= 4 is 66.0 Å². The Kier molecular flexibility index (Phi) is 17.2. The van der Waals surface area contributed by atoms with Crippen LogP contribution in [0.2, 0.25) is 0 Å². The van der Waals surface area contributed by atoms with E-state index < -0.39 is 25.8 Å². The normalized spacial score (nSPS) is 16.9. The van der Waals surface area contributed by atoms with Crippen LogP contribution in [0.25, 0.3) is 11.2 Å². The molecule has 4 aromatic carbocycles. The van der Waals surface area contributed by atoms with Gasteiger partial charge in [-0.25, -0.2) is 9.97 Å². The molecule has 0 saturated heterocycles. The molecule has 20 heteroatoms. The van der Waals surface area contributed by atoms with Gasteiger partial charge < -0.3 is 26.0 Å². The number of nitrogens with one attached hydrogen (secondary N) is 3. The Morgan fingerprint density at radius 3 is 2.28 bits per heavy atom. The number of aryl methyl sites for hydroxylation is 1. The maximum Gasteiger partial charge on any atom is 0.280 e. The van der Waals surface area contributed by atoms with Crippen molar-refractivity contribution in [2.45, 2.75) is 110 Å². The van der Waals surface area contributed by atoms with E-state index in [0.717, 1.165) is 81.3 Å². The number of allylic oxidation sites excluding steroid dienone is 7. The van der Waals surface area contributed by atoms with E-state index in [9.17, 15) is 35.5 Å². The van der Waals surface area contributed by atoms with E-state index in [2.05, 4.69) is 129 Å². The predicted molar refractivity (Wildman–Crippen MR) is 317 cm³/mol. The topological polar surface area (TPSA) is 263 Å². The number of carbonyl (C=O) groups excluding carboxylic acids is 1. The Morgan fingerprint density at radius 1 is 0.827 bits per heavy atom. The van der Waals surface area contributed by atoms with E-state index in [1.807, 2.05) is 36.4 Å². The Hall–Kier alpha value is -7.78. The van der Waals surface area contributed by atoms with Gasteiger partial charge in [0.2, 0.25) is 11.6 Å². The Labute approximate surface area is 473 Å². The van der Waals surface area contributed by atoms with Crippen molar-refractivity contribution in [1.82, 2.24) is 25.3 Å². The fourth-order valence-corrected chi connectivity index (χ4v) is 12.1. The molecule has 0 unspecified atom stereocenters. The average Bonchev–Trinajstić information content (AvgIpc) is 4.02. The van der Waals surface area contributed by atoms with Crippen LogP contribution in [-0.2, 0) is 55.5 Å². The first-order valence-electron chi connectivity index (χ1n) is 27.2. The minimum absolute atomic E-state index is 0.0327. The number of nitrogens with zero attached hydrogens (tertiary/aromatic N) is 5. The number of amides is 1. The molecule has 18 nitrogen and oxygen atoms in total. The molecule has 1 aliphatic carbocycles. The number of fused-ring (bicyclic) bond motifs is 3. The molecular weight excluding hydrogens is 1070 g/mol. The molecule has 2 aromatic heterocycles. The molecule has 0 spiro atoms. The van der Waals surface area contributed by atoms with E-state index in [0.29, 0.717) is 56.6 Å². The van der Waals surface area contributed by atoms with Crippen molar-refractivity contribution < 1.29 is 40.0 Å². The molecule has 7 N–H and O–H groups in total. The molecule has 2 aliphatic heterocycles. The maximum atomic E-state index is 13.3. The Balaban J connectivity index is 0.944. The molecule has 0 radical (unpaired) electrons. The number of ether oxygens (including phenoxy) is 1. The molecule has 424 valence electrons.